The zero-order valence-electron chi connectivity index (χ0n) is 10.2. The van der Waals surface area contributed by atoms with Gasteiger partial charge in [0.2, 0.25) is 0 Å². The van der Waals surface area contributed by atoms with Gasteiger partial charge in [0, 0.05) is 0 Å². The fourth-order valence-corrected chi connectivity index (χ4v) is 0.903. The van der Waals surface area contributed by atoms with Crippen LogP contribution in [0.4, 0.5) is 48.3 Å². The minimum Gasteiger partial charge on any atom is -0.368 e. The Labute approximate surface area is 115 Å². The van der Waals surface area contributed by atoms with Crippen molar-refractivity contribution in [2.75, 3.05) is 13.2 Å². The zero-order valence-corrected chi connectivity index (χ0v) is 10.2. The van der Waals surface area contributed by atoms with Crippen LogP contribution in [0, 0.1) is 0 Å². The molecule has 0 aromatic rings. The van der Waals surface area contributed by atoms with E-state index in [4.69, 9.17) is 0 Å². The minimum atomic E-state index is -7.32. The fraction of sp³-hybridized carbons (Fsp3) is 0.778. The van der Waals surface area contributed by atoms with Crippen molar-refractivity contribution in [2.24, 2.45) is 0 Å². The topological polar surface area (TPSA) is 18.5 Å². The molecule has 0 radical (unpaired) electrons. The van der Waals surface area contributed by atoms with Crippen LogP contribution >= 0.6 is 0 Å². The highest BCUT2D eigenvalue weighted by atomic mass is 19.4. The maximum atomic E-state index is 12.7. The Morgan fingerprint density at radius 1 is 0.773 bits per heavy atom. The van der Waals surface area contributed by atoms with Gasteiger partial charge in [-0.25, -0.2) is 4.74 Å². The standard InChI is InChI=1S/C9H7F11O2/c1-2-3-21-4-5(10,11)22-9(19,20)7(14,15)6(12,13)8(16,17)18/h2H,1,3-4H2. The Bertz CT molecular complexity index is 388. The van der Waals surface area contributed by atoms with E-state index >= 15 is 0 Å². The van der Waals surface area contributed by atoms with E-state index in [1.807, 2.05) is 0 Å². The molecule has 22 heavy (non-hydrogen) atoms. The molecule has 132 valence electrons. The predicted octanol–water partition coefficient (Wildman–Crippen LogP) is 4.22. The van der Waals surface area contributed by atoms with Gasteiger partial charge in [0.25, 0.3) is 0 Å². The van der Waals surface area contributed by atoms with Crippen LogP contribution in [-0.2, 0) is 9.47 Å². The molecule has 2 nitrogen and oxygen atoms in total. The third-order valence-corrected chi connectivity index (χ3v) is 1.90. The highest BCUT2D eigenvalue weighted by Crippen LogP contribution is 2.54. The first-order valence-electron chi connectivity index (χ1n) is 4.98. The number of hydrogen-bond donors (Lipinski definition) is 0. The number of halogens is 11. The molecule has 0 rings (SSSR count). The summed E-state index contributed by atoms with van der Waals surface area (Å²) in [6, 6.07) is 0. The van der Waals surface area contributed by atoms with Gasteiger partial charge in [-0.1, -0.05) is 6.08 Å². The smallest absolute Gasteiger partial charge is 0.368 e. The van der Waals surface area contributed by atoms with Crippen LogP contribution in [0.15, 0.2) is 12.7 Å². The lowest BCUT2D eigenvalue weighted by atomic mass is 10.1. The van der Waals surface area contributed by atoms with Crippen LogP contribution < -0.4 is 0 Å². The normalized spacial score (nSPS) is 15.0. The monoisotopic (exact) mass is 356 g/mol. The number of alkyl halides is 11. The summed E-state index contributed by atoms with van der Waals surface area (Å²) in [7, 11) is 0. The van der Waals surface area contributed by atoms with E-state index in [0.29, 0.717) is 0 Å². The second-order valence-corrected chi connectivity index (χ2v) is 3.71. The van der Waals surface area contributed by atoms with Crippen LogP contribution in [-0.4, -0.2) is 43.5 Å². The third-order valence-electron chi connectivity index (χ3n) is 1.90. The molecule has 0 bridgehead atoms. The molecule has 0 aliphatic rings. The molecule has 0 fully saturated rings. The maximum Gasteiger partial charge on any atom is 0.460 e. The summed E-state index contributed by atoms with van der Waals surface area (Å²) in [6.45, 7) is 0.161. The number of ether oxygens (including phenoxy) is 2. The SMILES string of the molecule is C=CCOCC(F)(F)OC(F)(F)C(F)(F)C(F)(F)C(F)(F)F. The molecule has 0 saturated heterocycles. The van der Waals surface area contributed by atoms with Crippen LogP contribution in [0.2, 0.25) is 0 Å². The van der Waals surface area contributed by atoms with E-state index < -0.39 is 43.5 Å². The molecule has 0 unspecified atom stereocenters. The van der Waals surface area contributed by atoms with Gasteiger partial charge in [-0.3, -0.25) is 0 Å². The van der Waals surface area contributed by atoms with E-state index in [1.54, 1.807) is 0 Å². The average Bonchev–Trinajstić information content (AvgIpc) is 2.25. The second kappa shape index (κ2) is 6.18. The van der Waals surface area contributed by atoms with Crippen molar-refractivity contribution < 1.29 is 57.8 Å². The largest absolute Gasteiger partial charge is 0.460 e. The van der Waals surface area contributed by atoms with E-state index in [2.05, 4.69) is 16.1 Å². The quantitative estimate of drug-likeness (QED) is 0.368. The van der Waals surface area contributed by atoms with Gasteiger partial charge < -0.3 is 4.74 Å². The van der Waals surface area contributed by atoms with Gasteiger partial charge >= 0.3 is 30.2 Å². The summed E-state index contributed by atoms with van der Waals surface area (Å²) >= 11 is 0. The van der Waals surface area contributed by atoms with Crippen LogP contribution in [0.25, 0.3) is 0 Å². The van der Waals surface area contributed by atoms with Crippen molar-refractivity contribution in [3.8, 4) is 0 Å². The van der Waals surface area contributed by atoms with Gasteiger partial charge in [-0.2, -0.15) is 48.3 Å². The average molecular weight is 356 g/mol. The van der Waals surface area contributed by atoms with E-state index in [-0.39, 0.29) is 0 Å². The van der Waals surface area contributed by atoms with Crippen molar-refractivity contribution in [3.05, 3.63) is 12.7 Å². The minimum absolute atomic E-state index is 0.681. The summed E-state index contributed by atoms with van der Waals surface area (Å²) in [5, 5.41) is 0. The molecule has 0 aromatic heterocycles. The van der Waals surface area contributed by atoms with E-state index in [1.165, 1.54) is 0 Å². The summed E-state index contributed by atoms with van der Waals surface area (Å²) in [5.41, 5.74) is 0. The predicted molar refractivity (Wildman–Crippen MR) is 47.9 cm³/mol. The lowest BCUT2D eigenvalue weighted by molar-refractivity contribution is -0.484. The summed E-state index contributed by atoms with van der Waals surface area (Å²) in [4.78, 5) is 0. The second-order valence-electron chi connectivity index (χ2n) is 3.71. The molecule has 0 aliphatic heterocycles. The molecule has 0 saturated carbocycles. The van der Waals surface area contributed by atoms with E-state index in [9.17, 15) is 48.3 Å². The molecule has 0 N–H and O–H groups in total. The molecule has 0 aromatic carbocycles. The first-order valence-corrected chi connectivity index (χ1v) is 4.98. The lowest BCUT2D eigenvalue weighted by Crippen LogP contribution is -2.63. The van der Waals surface area contributed by atoms with Crippen molar-refractivity contribution >= 4 is 0 Å². The first kappa shape index (κ1) is 20.9. The third kappa shape index (κ3) is 4.21. The Kier molecular flexibility index (Phi) is 5.87. The lowest BCUT2D eigenvalue weighted by Gasteiger charge is -2.34. The van der Waals surface area contributed by atoms with Gasteiger partial charge in [0.1, 0.15) is 6.61 Å². The Morgan fingerprint density at radius 2 is 1.23 bits per heavy atom. The molecule has 0 atom stereocenters. The van der Waals surface area contributed by atoms with Crippen LogP contribution in [0.1, 0.15) is 0 Å². The van der Waals surface area contributed by atoms with Gasteiger partial charge in [0.05, 0.1) is 6.61 Å². The van der Waals surface area contributed by atoms with Crippen molar-refractivity contribution in [1.82, 2.24) is 0 Å². The molecule has 13 heteroatoms. The number of hydrogen-bond acceptors (Lipinski definition) is 2. The van der Waals surface area contributed by atoms with Gasteiger partial charge in [-0.05, 0) is 0 Å². The Hall–Kier alpha value is -1.11. The zero-order chi connectivity index (χ0) is 18.0. The molecule has 0 amide bonds. The van der Waals surface area contributed by atoms with Gasteiger partial charge in [0.15, 0.2) is 0 Å². The molecular formula is C9H7F11O2. The van der Waals surface area contributed by atoms with Crippen molar-refractivity contribution in [3.63, 3.8) is 0 Å². The van der Waals surface area contributed by atoms with Crippen LogP contribution in [0.5, 0.6) is 0 Å². The van der Waals surface area contributed by atoms with Crippen LogP contribution in [0.3, 0.4) is 0 Å². The number of rotatable bonds is 8. The Balaban J connectivity index is 5.32. The van der Waals surface area contributed by atoms with Crippen molar-refractivity contribution in [1.29, 1.82) is 0 Å². The van der Waals surface area contributed by atoms with E-state index in [0.717, 1.165) is 6.08 Å². The van der Waals surface area contributed by atoms with Gasteiger partial charge in [-0.15, -0.1) is 6.58 Å². The maximum absolute atomic E-state index is 12.7. The molecule has 0 heterocycles. The first-order chi connectivity index (χ1) is 9.52. The fourth-order valence-electron chi connectivity index (χ4n) is 0.903. The molecule has 0 aliphatic carbocycles. The molecule has 0 spiro atoms. The summed E-state index contributed by atoms with van der Waals surface area (Å²) in [5.74, 6) is -14.6. The highest BCUT2D eigenvalue weighted by molar-refractivity contribution is 4.97. The highest BCUT2D eigenvalue weighted by Gasteiger charge is 2.83. The molecular weight excluding hydrogens is 349 g/mol. The summed E-state index contributed by atoms with van der Waals surface area (Å²) < 4.78 is 142. The summed E-state index contributed by atoms with van der Waals surface area (Å²) in [6.07, 6.45) is -18.4. The Morgan fingerprint density at radius 3 is 1.59 bits per heavy atom. The van der Waals surface area contributed by atoms with Crippen molar-refractivity contribution in [2.45, 2.75) is 30.2 Å².